The monoisotopic (exact) mass is 285 g/mol. The van der Waals surface area contributed by atoms with E-state index in [0.717, 1.165) is 24.5 Å². The topological polar surface area (TPSA) is 39.1 Å². The molecule has 1 saturated carbocycles. The second-order valence-corrected chi connectivity index (χ2v) is 6.08. The molecule has 1 heterocycles. The molecule has 0 radical (unpaired) electrons. The zero-order chi connectivity index (χ0) is 14.0. The maximum Gasteiger partial charge on any atom is 0.0888 e. The van der Waals surface area contributed by atoms with E-state index in [1.165, 1.54) is 12.8 Å². The standard InChI is InChI=1S/C14H24ClN3O/c1-10-5-7-14(19-4,8-6-10)13(16-2)12-11(15)9-17-18(12)3/h9-10,13,16H,5-8H2,1-4H3. The molecule has 4 nitrogen and oxygen atoms in total. The van der Waals surface area contributed by atoms with Gasteiger partial charge in [0, 0.05) is 14.2 Å². The van der Waals surface area contributed by atoms with Gasteiger partial charge in [0.05, 0.1) is 28.6 Å². The third-order valence-electron chi connectivity index (χ3n) is 4.55. The molecule has 5 heteroatoms. The molecule has 1 aliphatic carbocycles. The molecule has 108 valence electrons. The second kappa shape index (κ2) is 5.81. The first-order valence-electron chi connectivity index (χ1n) is 6.94. The summed E-state index contributed by atoms with van der Waals surface area (Å²) in [5.41, 5.74) is 0.833. The lowest BCUT2D eigenvalue weighted by atomic mass is 9.74. The first-order chi connectivity index (χ1) is 9.04. The van der Waals surface area contributed by atoms with Crippen molar-refractivity contribution in [2.24, 2.45) is 13.0 Å². The summed E-state index contributed by atoms with van der Waals surface area (Å²) in [7, 11) is 5.71. The summed E-state index contributed by atoms with van der Waals surface area (Å²) in [4.78, 5) is 0. The van der Waals surface area contributed by atoms with Crippen LogP contribution in [0.4, 0.5) is 0 Å². The van der Waals surface area contributed by atoms with Crippen LogP contribution in [-0.2, 0) is 11.8 Å². The minimum atomic E-state index is -0.182. The summed E-state index contributed by atoms with van der Waals surface area (Å²) in [6.07, 6.45) is 6.20. The maximum atomic E-state index is 6.31. The number of rotatable bonds is 4. The Morgan fingerprint density at radius 3 is 2.58 bits per heavy atom. The van der Waals surface area contributed by atoms with Crippen molar-refractivity contribution in [1.82, 2.24) is 15.1 Å². The highest BCUT2D eigenvalue weighted by atomic mass is 35.5. The minimum absolute atomic E-state index is 0.0741. The van der Waals surface area contributed by atoms with Gasteiger partial charge in [-0.05, 0) is 38.6 Å². The van der Waals surface area contributed by atoms with Crippen LogP contribution in [-0.4, -0.2) is 29.5 Å². The van der Waals surface area contributed by atoms with Gasteiger partial charge in [0.25, 0.3) is 0 Å². The number of ether oxygens (including phenoxy) is 1. The molecule has 1 atom stereocenters. The molecule has 1 unspecified atom stereocenters. The molecule has 1 N–H and O–H groups in total. The van der Waals surface area contributed by atoms with Gasteiger partial charge >= 0.3 is 0 Å². The molecule has 0 aliphatic heterocycles. The lowest BCUT2D eigenvalue weighted by Crippen LogP contribution is -2.47. The SMILES string of the molecule is CNC(c1c(Cl)cnn1C)C1(OC)CCC(C)CC1. The molecule has 0 aromatic carbocycles. The molecule has 0 amide bonds. The van der Waals surface area contributed by atoms with Crippen LogP contribution in [0.2, 0.25) is 5.02 Å². The van der Waals surface area contributed by atoms with Crippen LogP contribution in [0, 0.1) is 5.92 Å². The molecule has 1 aromatic rings. The summed E-state index contributed by atoms with van der Waals surface area (Å²) >= 11 is 6.31. The van der Waals surface area contributed by atoms with Crippen LogP contribution in [0.3, 0.4) is 0 Å². The van der Waals surface area contributed by atoms with Crippen molar-refractivity contribution in [1.29, 1.82) is 0 Å². The molecule has 0 saturated heterocycles. The van der Waals surface area contributed by atoms with Gasteiger partial charge < -0.3 is 10.1 Å². The van der Waals surface area contributed by atoms with E-state index in [9.17, 15) is 0 Å². The lowest BCUT2D eigenvalue weighted by Gasteiger charge is -2.44. The van der Waals surface area contributed by atoms with Crippen molar-refractivity contribution in [2.45, 2.75) is 44.2 Å². The number of methoxy groups -OCH3 is 1. The van der Waals surface area contributed by atoms with E-state index in [0.29, 0.717) is 5.02 Å². The van der Waals surface area contributed by atoms with Gasteiger partial charge in [-0.25, -0.2) is 0 Å². The summed E-state index contributed by atoms with van der Waals surface area (Å²) < 4.78 is 7.80. The van der Waals surface area contributed by atoms with E-state index in [1.807, 2.05) is 25.9 Å². The maximum absolute atomic E-state index is 6.31. The number of hydrogen-bond donors (Lipinski definition) is 1. The van der Waals surface area contributed by atoms with Gasteiger partial charge in [0.2, 0.25) is 0 Å². The highest BCUT2D eigenvalue weighted by Crippen LogP contribution is 2.43. The average Bonchev–Trinajstić information content (AvgIpc) is 2.74. The number of hydrogen-bond acceptors (Lipinski definition) is 3. The summed E-state index contributed by atoms with van der Waals surface area (Å²) in [6, 6.07) is 0.0741. The highest BCUT2D eigenvalue weighted by Gasteiger charge is 2.43. The molecule has 1 aliphatic rings. The summed E-state index contributed by atoms with van der Waals surface area (Å²) in [6.45, 7) is 2.31. The van der Waals surface area contributed by atoms with Gasteiger partial charge in [-0.1, -0.05) is 18.5 Å². The Balaban J connectivity index is 2.34. The summed E-state index contributed by atoms with van der Waals surface area (Å²) in [5.74, 6) is 0.780. The van der Waals surface area contributed by atoms with Gasteiger partial charge in [0.1, 0.15) is 0 Å². The Labute approximate surface area is 120 Å². The Morgan fingerprint density at radius 1 is 1.53 bits per heavy atom. The van der Waals surface area contributed by atoms with Crippen molar-refractivity contribution in [3.8, 4) is 0 Å². The quantitative estimate of drug-likeness (QED) is 0.924. The zero-order valence-corrected chi connectivity index (χ0v) is 13.0. The van der Waals surface area contributed by atoms with E-state index in [4.69, 9.17) is 16.3 Å². The molecule has 1 fully saturated rings. The molecular weight excluding hydrogens is 262 g/mol. The van der Waals surface area contributed by atoms with Gasteiger partial charge in [-0.3, -0.25) is 4.68 Å². The third-order valence-corrected chi connectivity index (χ3v) is 4.84. The first kappa shape index (κ1) is 14.8. The van der Waals surface area contributed by atoms with E-state index in [2.05, 4.69) is 17.3 Å². The molecule has 1 aromatic heterocycles. The predicted molar refractivity (Wildman–Crippen MR) is 77.4 cm³/mol. The number of halogens is 1. The van der Waals surface area contributed by atoms with E-state index >= 15 is 0 Å². The van der Waals surface area contributed by atoms with E-state index < -0.39 is 0 Å². The van der Waals surface area contributed by atoms with Crippen LogP contribution >= 0.6 is 11.6 Å². The lowest BCUT2D eigenvalue weighted by molar-refractivity contribution is -0.0761. The Morgan fingerprint density at radius 2 is 2.16 bits per heavy atom. The van der Waals surface area contributed by atoms with Gasteiger partial charge in [-0.15, -0.1) is 0 Å². The fourth-order valence-electron chi connectivity index (χ4n) is 3.26. The minimum Gasteiger partial charge on any atom is -0.376 e. The van der Waals surface area contributed by atoms with Crippen LogP contribution < -0.4 is 5.32 Å². The number of aromatic nitrogens is 2. The van der Waals surface area contributed by atoms with E-state index in [1.54, 1.807) is 6.20 Å². The molecule has 19 heavy (non-hydrogen) atoms. The summed E-state index contributed by atoms with van der Waals surface area (Å²) in [5, 5.41) is 8.35. The average molecular weight is 286 g/mol. The highest BCUT2D eigenvalue weighted by molar-refractivity contribution is 6.31. The smallest absolute Gasteiger partial charge is 0.0888 e. The van der Waals surface area contributed by atoms with Crippen LogP contribution in [0.5, 0.6) is 0 Å². The number of likely N-dealkylation sites (N-methyl/N-ethyl adjacent to an activating group) is 1. The van der Waals surface area contributed by atoms with Crippen molar-refractivity contribution >= 4 is 11.6 Å². The molecule has 0 spiro atoms. The largest absolute Gasteiger partial charge is 0.376 e. The zero-order valence-electron chi connectivity index (χ0n) is 12.2. The third kappa shape index (κ3) is 2.67. The van der Waals surface area contributed by atoms with Crippen LogP contribution in [0.15, 0.2) is 6.20 Å². The van der Waals surface area contributed by atoms with E-state index in [-0.39, 0.29) is 11.6 Å². The Bertz CT molecular complexity index is 405. The first-order valence-corrected chi connectivity index (χ1v) is 7.31. The predicted octanol–water partition coefficient (Wildman–Crippen LogP) is 2.93. The fraction of sp³-hybridized carbons (Fsp3) is 0.786. The number of aryl methyl sites for hydroxylation is 1. The van der Waals surface area contributed by atoms with Crippen LogP contribution in [0.25, 0.3) is 0 Å². The molecule has 2 rings (SSSR count). The van der Waals surface area contributed by atoms with Gasteiger partial charge in [-0.2, -0.15) is 5.10 Å². The van der Waals surface area contributed by atoms with Crippen LogP contribution in [0.1, 0.15) is 44.3 Å². The molecular formula is C14H24ClN3O. The van der Waals surface area contributed by atoms with Crippen molar-refractivity contribution < 1.29 is 4.74 Å². The van der Waals surface area contributed by atoms with Gasteiger partial charge in [0.15, 0.2) is 0 Å². The number of nitrogens with zero attached hydrogens (tertiary/aromatic N) is 2. The second-order valence-electron chi connectivity index (χ2n) is 5.67. The van der Waals surface area contributed by atoms with Crippen molar-refractivity contribution in [3.63, 3.8) is 0 Å². The number of nitrogens with one attached hydrogen (secondary N) is 1. The normalized spacial score (nSPS) is 29.4. The fourth-order valence-corrected chi connectivity index (χ4v) is 3.53. The Kier molecular flexibility index (Phi) is 4.54. The van der Waals surface area contributed by atoms with Crippen molar-refractivity contribution in [3.05, 3.63) is 16.9 Å². The Hall–Kier alpha value is -0.580. The molecule has 0 bridgehead atoms. The van der Waals surface area contributed by atoms with Crippen molar-refractivity contribution in [2.75, 3.05) is 14.2 Å².